The number of nitrogens with two attached hydrogens (primary N) is 2. The van der Waals surface area contributed by atoms with Crippen molar-refractivity contribution in [1.82, 2.24) is 0 Å². The standard InChI is InChI=1S/C28H34F4N4O4S2/c1-3-5-13-7-9-15-17(11-13)41-23(19(15)21(33)37)35-25(39)27(29,30)28(31,32)26(40)36-24-20(22(34)38)16-10-8-14(6-4-2)12-18(16)42-24/h13-14H,3-12H2,1-2H3,(H2,33,37)(H2,34,38)(H,35,39)(H,36,40). The van der Waals surface area contributed by atoms with Crippen LogP contribution in [0, 0.1) is 11.8 Å². The molecule has 2 unspecified atom stereocenters. The largest absolute Gasteiger partial charge is 0.396 e. The number of carbonyl (C=O) groups is 4. The SMILES string of the molecule is CCCC1CCc2c(sc(NC(=O)C(F)(F)C(F)(F)C(=O)Nc3sc4c(c3C(N)=O)CCC(CCC)C4)c2C(N)=O)C1. The Morgan fingerprint density at radius 1 is 0.738 bits per heavy atom. The van der Waals surface area contributed by atoms with E-state index in [1.807, 2.05) is 13.8 Å². The van der Waals surface area contributed by atoms with Crippen molar-refractivity contribution in [3.63, 3.8) is 0 Å². The van der Waals surface area contributed by atoms with E-state index >= 15 is 17.6 Å². The number of hydrogen-bond acceptors (Lipinski definition) is 6. The minimum absolute atomic E-state index is 0.182. The molecular weight excluding hydrogens is 596 g/mol. The van der Waals surface area contributed by atoms with Gasteiger partial charge < -0.3 is 22.1 Å². The zero-order chi connectivity index (χ0) is 31.0. The number of primary amides is 2. The summed E-state index contributed by atoms with van der Waals surface area (Å²) in [5.74, 6) is -17.3. The van der Waals surface area contributed by atoms with Gasteiger partial charge in [-0.3, -0.25) is 19.2 Å². The number of fused-ring (bicyclic) bond motifs is 2. The number of hydrogen-bond donors (Lipinski definition) is 4. The van der Waals surface area contributed by atoms with Crippen LogP contribution in [0.1, 0.15) is 94.0 Å². The summed E-state index contributed by atoms with van der Waals surface area (Å²) in [5.41, 5.74) is 11.6. The number of rotatable bonds is 11. The molecule has 6 N–H and O–H groups in total. The van der Waals surface area contributed by atoms with E-state index < -0.39 is 35.5 Å². The maximum Gasteiger partial charge on any atom is 0.396 e. The Morgan fingerprint density at radius 3 is 1.40 bits per heavy atom. The van der Waals surface area contributed by atoms with Crippen molar-refractivity contribution in [2.45, 2.75) is 89.9 Å². The van der Waals surface area contributed by atoms with Gasteiger partial charge in [-0.2, -0.15) is 17.6 Å². The minimum Gasteiger partial charge on any atom is -0.365 e. The van der Waals surface area contributed by atoms with Gasteiger partial charge in [-0.05, 0) is 61.5 Å². The van der Waals surface area contributed by atoms with Gasteiger partial charge in [0.2, 0.25) is 0 Å². The molecule has 2 atom stereocenters. The molecule has 2 aliphatic carbocycles. The average molecular weight is 631 g/mol. The number of alkyl halides is 4. The van der Waals surface area contributed by atoms with E-state index in [4.69, 9.17) is 11.5 Å². The molecule has 0 bridgehead atoms. The zero-order valence-corrected chi connectivity index (χ0v) is 25.0. The third-order valence-electron chi connectivity index (χ3n) is 8.04. The third-order valence-corrected chi connectivity index (χ3v) is 10.4. The second-order valence-electron chi connectivity index (χ2n) is 11.0. The zero-order valence-electron chi connectivity index (χ0n) is 23.3. The molecule has 0 fully saturated rings. The Labute approximate surface area is 248 Å². The Morgan fingerprint density at radius 2 is 1.10 bits per heavy atom. The van der Waals surface area contributed by atoms with Crippen LogP contribution in [0.15, 0.2) is 0 Å². The highest BCUT2D eigenvalue weighted by Gasteiger charge is 2.67. The second-order valence-corrected chi connectivity index (χ2v) is 13.2. The lowest BCUT2D eigenvalue weighted by Gasteiger charge is -2.24. The highest BCUT2D eigenvalue weighted by molar-refractivity contribution is 7.17. The molecule has 2 heterocycles. The van der Waals surface area contributed by atoms with Gasteiger partial charge in [0, 0.05) is 9.75 Å². The molecule has 230 valence electrons. The van der Waals surface area contributed by atoms with Crippen molar-refractivity contribution >= 4 is 56.3 Å². The Hall–Kier alpha value is -3.00. The smallest absolute Gasteiger partial charge is 0.365 e. The first-order valence-corrected chi connectivity index (χ1v) is 15.6. The van der Waals surface area contributed by atoms with Crippen molar-refractivity contribution in [2.24, 2.45) is 23.3 Å². The van der Waals surface area contributed by atoms with Crippen molar-refractivity contribution in [3.05, 3.63) is 32.0 Å². The lowest BCUT2D eigenvalue weighted by molar-refractivity contribution is -0.204. The Kier molecular flexibility index (Phi) is 9.36. The monoisotopic (exact) mass is 630 g/mol. The Balaban J connectivity index is 1.56. The van der Waals surface area contributed by atoms with Crippen LogP contribution in [-0.2, 0) is 35.3 Å². The van der Waals surface area contributed by atoms with Crippen LogP contribution in [0.25, 0.3) is 0 Å². The first-order valence-electron chi connectivity index (χ1n) is 14.0. The number of nitrogens with one attached hydrogen (secondary N) is 2. The second kappa shape index (κ2) is 12.3. The molecule has 0 radical (unpaired) electrons. The molecule has 2 aliphatic rings. The third kappa shape index (κ3) is 5.92. The number of halogens is 4. The number of amides is 4. The summed E-state index contributed by atoms with van der Waals surface area (Å²) >= 11 is 1.70. The highest BCUT2D eigenvalue weighted by Crippen LogP contribution is 2.44. The fourth-order valence-electron chi connectivity index (χ4n) is 5.96. The van der Waals surface area contributed by atoms with Crippen LogP contribution in [0.2, 0.25) is 0 Å². The van der Waals surface area contributed by atoms with Crippen LogP contribution in [0.5, 0.6) is 0 Å². The van der Waals surface area contributed by atoms with Gasteiger partial charge in [0.1, 0.15) is 10.0 Å². The van der Waals surface area contributed by atoms with E-state index in [9.17, 15) is 19.2 Å². The maximum atomic E-state index is 15.0. The molecule has 0 saturated carbocycles. The molecule has 0 saturated heterocycles. The fraction of sp³-hybridized carbons (Fsp3) is 0.571. The van der Waals surface area contributed by atoms with Gasteiger partial charge in [0.15, 0.2) is 0 Å². The first-order chi connectivity index (χ1) is 19.7. The van der Waals surface area contributed by atoms with Crippen LogP contribution < -0.4 is 22.1 Å². The molecule has 2 aromatic rings. The van der Waals surface area contributed by atoms with Crippen LogP contribution in [0.3, 0.4) is 0 Å². The van der Waals surface area contributed by atoms with Crippen LogP contribution in [-0.4, -0.2) is 35.5 Å². The van der Waals surface area contributed by atoms with Crippen molar-refractivity contribution in [2.75, 3.05) is 10.6 Å². The number of carbonyl (C=O) groups excluding carboxylic acids is 4. The topological polar surface area (TPSA) is 144 Å². The summed E-state index contributed by atoms with van der Waals surface area (Å²) in [6, 6.07) is 0. The molecule has 42 heavy (non-hydrogen) atoms. The van der Waals surface area contributed by atoms with Crippen LogP contribution in [0.4, 0.5) is 27.6 Å². The lowest BCUT2D eigenvalue weighted by atomic mass is 9.84. The normalized spacial score (nSPS) is 18.6. The van der Waals surface area contributed by atoms with Crippen molar-refractivity contribution in [1.29, 1.82) is 0 Å². The van der Waals surface area contributed by atoms with E-state index in [2.05, 4.69) is 0 Å². The molecule has 0 spiro atoms. The molecule has 0 aromatic carbocycles. The van der Waals surface area contributed by atoms with E-state index in [1.165, 1.54) is 0 Å². The van der Waals surface area contributed by atoms with Gasteiger partial charge in [-0.25, -0.2) is 0 Å². The lowest BCUT2D eigenvalue weighted by Crippen LogP contribution is -2.56. The number of thiophene rings is 2. The van der Waals surface area contributed by atoms with Crippen LogP contribution >= 0.6 is 22.7 Å². The van der Waals surface area contributed by atoms with Gasteiger partial charge in [-0.1, -0.05) is 39.5 Å². The van der Waals surface area contributed by atoms with Gasteiger partial charge >= 0.3 is 23.7 Å². The summed E-state index contributed by atoms with van der Waals surface area (Å²) in [6.07, 6.45) is 7.11. The molecule has 4 rings (SSSR count). The predicted molar refractivity (Wildman–Crippen MR) is 154 cm³/mol. The minimum atomic E-state index is -5.52. The average Bonchev–Trinajstić information content (AvgIpc) is 3.45. The molecular formula is C28H34F4N4O4S2. The van der Waals surface area contributed by atoms with E-state index in [0.717, 1.165) is 61.2 Å². The molecule has 8 nitrogen and oxygen atoms in total. The van der Waals surface area contributed by atoms with E-state index in [0.29, 0.717) is 58.4 Å². The summed E-state index contributed by atoms with van der Waals surface area (Å²) in [6.45, 7) is 4.04. The Bertz CT molecular complexity index is 1300. The number of anilines is 2. The highest BCUT2D eigenvalue weighted by atomic mass is 32.1. The molecule has 2 aromatic heterocycles. The molecule has 4 amide bonds. The molecule has 14 heteroatoms. The van der Waals surface area contributed by atoms with Crippen molar-refractivity contribution < 1.29 is 36.7 Å². The van der Waals surface area contributed by atoms with Gasteiger partial charge in [-0.15, -0.1) is 22.7 Å². The fourth-order valence-corrected chi connectivity index (χ4v) is 8.69. The molecule has 0 aliphatic heterocycles. The first kappa shape index (κ1) is 31.9. The van der Waals surface area contributed by atoms with E-state index in [-0.39, 0.29) is 21.1 Å². The summed E-state index contributed by atoms with van der Waals surface area (Å²) in [7, 11) is 0. The predicted octanol–water partition coefficient (Wildman–Crippen LogP) is 5.67. The van der Waals surface area contributed by atoms with E-state index in [1.54, 1.807) is 10.6 Å². The van der Waals surface area contributed by atoms with Crippen molar-refractivity contribution in [3.8, 4) is 0 Å². The van der Waals surface area contributed by atoms with Gasteiger partial charge in [0.25, 0.3) is 11.8 Å². The summed E-state index contributed by atoms with van der Waals surface area (Å²) < 4.78 is 60.0. The maximum absolute atomic E-state index is 15.0. The van der Waals surface area contributed by atoms with Gasteiger partial charge in [0.05, 0.1) is 11.1 Å². The summed E-state index contributed by atoms with van der Waals surface area (Å²) in [5, 5.41) is 2.78. The quantitative estimate of drug-likeness (QED) is 0.237. The summed E-state index contributed by atoms with van der Waals surface area (Å²) in [4.78, 5) is 50.9.